The molecular weight excluding hydrogens is 231 g/mol. The van der Waals surface area contributed by atoms with Gasteiger partial charge in [0.05, 0.1) is 12.8 Å². The summed E-state index contributed by atoms with van der Waals surface area (Å²) in [6, 6.07) is 7.48. The lowest BCUT2D eigenvalue weighted by Gasteiger charge is -2.35. The molecule has 0 saturated carbocycles. The summed E-state index contributed by atoms with van der Waals surface area (Å²) in [4.78, 5) is 13.7. The minimum absolute atomic E-state index is 0.0260. The highest BCUT2D eigenvalue weighted by molar-refractivity contribution is 6.26. The number of carbonyl (C=O) groups excluding carboxylic acids is 1. The van der Waals surface area contributed by atoms with E-state index in [4.69, 9.17) is 10.4 Å². The lowest BCUT2D eigenvalue weighted by Crippen LogP contribution is -2.53. The van der Waals surface area contributed by atoms with Crippen LogP contribution >= 0.6 is 0 Å². The fraction of sp³-hybridized carbons (Fsp3) is 0.417. The van der Waals surface area contributed by atoms with Crippen LogP contribution in [0.3, 0.4) is 0 Å². The summed E-state index contributed by atoms with van der Waals surface area (Å²) in [5.41, 5.74) is 6.95. The highest BCUT2D eigenvalue weighted by Gasteiger charge is 2.29. The Kier molecular flexibility index (Phi) is 4.35. The zero-order chi connectivity index (χ0) is 13.0. The van der Waals surface area contributed by atoms with Crippen molar-refractivity contribution >= 4 is 13.4 Å². The predicted molar refractivity (Wildman–Crippen MR) is 69.3 cm³/mol. The van der Waals surface area contributed by atoms with Gasteiger partial charge in [-0.05, 0) is 18.5 Å². The van der Waals surface area contributed by atoms with Gasteiger partial charge in [0.15, 0.2) is 0 Å². The average molecular weight is 248 g/mol. The number of aliphatic hydroxyl groups excluding tert-OH is 1. The lowest BCUT2D eigenvalue weighted by molar-refractivity contribution is 0.00589. The molecule has 1 aliphatic heterocycles. The molecular formula is C12H17BN2O3. The van der Waals surface area contributed by atoms with Gasteiger partial charge in [0.2, 0.25) is 0 Å². The number of nitrogens with zero attached hydrogens (tertiary/aromatic N) is 1. The molecule has 1 saturated heterocycles. The van der Waals surface area contributed by atoms with Crippen LogP contribution in [0.4, 0.5) is 0 Å². The maximum Gasteiger partial charge on any atom is 0.281 e. The Morgan fingerprint density at radius 3 is 3.00 bits per heavy atom. The van der Waals surface area contributed by atoms with Crippen molar-refractivity contribution in [3.63, 3.8) is 0 Å². The van der Waals surface area contributed by atoms with Gasteiger partial charge >= 0.3 is 0 Å². The van der Waals surface area contributed by atoms with E-state index >= 15 is 0 Å². The highest BCUT2D eigenvalue weighted by Crippen LogP contribution is 2.14. The van der Waals surface area contributed by atoms with Gasteiger partial charge in [0.1, 0.15) is 0 Å². The first-order chi connectivity index (χ1) is 8.70. The summed E-state index contributed by atoms with van der Waals surface area (Å²) < 4.78 is 5.08. The van der Waals surface area contributed by atoms with E-state index in [0.717, 1.165) is 11.9 Å². The summed E-state index contributed by atoms with van der Waals surface area (Å²) in [5.74, 6) is -0.0260. The molecule has 0 aliphatic carbocycles. The van der Waals surface area contributed by atoms with Crippen molar-refractivity contribution in [3.8, 4) is 0 Å². The summed E-state index contributed by atoms with van der Waals surface area (Å²) >= 11 is 0. The Labute approximate surface area is 107 Å². The van der Waals surface area contributed by atoms with Gasteiger partial charge < -0.3 is 20.4 Å². The van der Waals surface area contributed by atoms with Crippen LogP contribution in [0.15, 0.2) is 24.3 Å². The van der Waals surface area contributed by atoms with E-state index in [-0.39, 0.29) is 18.7 Å². The molecule has 1 fully saturated rings. The molecule has 0 aromatic heterocycles. The second-order valence-electron chi connectivity index (χ2n) is 4.39. The third-order valence-corrected chi connectivity index (χ3v) is 2.98. The Bertz CT molecular complexity index is 422. The Hall–Kier alpha value is -1.37. The van der Waals surface area contributed by atoms with Crippen LogP contribution in [0.1, 0.15) is 15.9 Å². The van der Waals surface area contributed by atoms with Crippen molar-refractivity contribution in [2.45, 2.75) is 12.4 Å². The number of nitrogens with two attached hydrogens (primary N) is 1. The highest BCUT2D eigenvalue weighted by atomic mass is 16.4. The van der Waals surface area contributed by atoms with Crippen LogP contribution < -0.4 is 5.73 Å². The molecule has 0 bridgehead atoms. The fourth-order valence-corrected chi connectivity index (χ4v) is 1.94. The molecule has 1 aliphatic rings. The van der Waals surface area contributed by atoms with E-state index in [9.17, 15) is 9.90 Å². The molecule has 1 aromatic rings. The van der Waals surface area contributed by atoms with Crippen LogP contribution in [0.5, 0.6) is 0 Å². The van der Waals surface area contributed by atoms with Crippen molar-refractivity contribution in [2.24, 2.45) is 5.73 Å². The molecule has 1 amide bonds. The molecule has 0 spiro atoms. The first kappa shape index (κ1) is 13.1. The summed E-state index contributed by atoms with van der Waals surface area (Å²) in [6.07, 6.45) is 0.371. The van der Waals surface area contributed by atoms with Crippen molar-refractivity contribution in [1.82, 2.24) is 4.90 Å². The average Bonchev–Trinajstić information content (AvgIpc) is 2.35. The van der Waals surface area contributed by atoms with Crippen LogP contribution in [-0.2, 0) is 11.0 Å². The number of hydrogen-bond acceptors (Lipinski definition) is 4. The Morgan fingerprint density at radius 1 is 1.56 bits per heavy atom. The van der Waals surface area contributed by atoms with Gasteiger partial charge in [0.25, 0.3) is 13.4 Å². The zero-order valence-electron chi connectivity index (χ0n) is 10.2. The minimum atomic E-state index is -0.366. The first-order valence-corrected chi connectivity index (χ1v) is 6.05. The largest absolute Gasteiger partial charge is 0.427 e. The van der Waals surface area contributed by atoms with Crippen LogP contribution in [-0.4, -0.2) is 49.3 Å². The van der Waals surface area contributed by atoms with Crippen LogP contribution in [0.25, 0.3) is 0 Å². The summed E-state index contributed by atoms with van der Waals surface area (Å²) in [7, 11) is 0.552. The van der Waals surface area contributed by atoms with Gasteiger partial charge in [0, 0.05) is 18.7 Å². The maximum absolute atomic E-state index is 12.0. The number of carbonyl (C=O) groups is 1. The molecule has 96 valence electrons. The smallest absolute Gasteiger partial charge is 0.281 e. The Morgan fingerprint density at radius 2 is 2.33 bits per heavy atom. The molecule has 2 rings (SSSR count). The molecule has 6 heteroatoms. The van der Waals surface area contributed by atoms with Gasteiger partial charge in [-0.3, -0.25) is 4.79 Å². The number of benzene rings is 1. The number of likely N-dealkylation sites (tertiary alicyclic amines) is 1. The first-order valence-electron chi connectivity index (χ1n) is 6.05. The molecule has 1 heterocycles. The standard InChI is InChI=1S/C12H17BN2O3/c14-8-18-13-5-9-2-1-3-10(4-9)12(17)15-6-11(16)7-15/h1-4,11,13,16H,5-8,14H2. The van der Waals surface area contributed by atoms with E-state index < -0.39 is 0 Å². The van der Waals surface area contributed by atoms with Crippen molar-refractivity contribution < 1.29 is 14.6 Å². The zero-order valence-corrected chi connectivity index (χ0v) is 10.2. The third kappa shape index (κ3) is 3.10. The SMILES string of the molecule is NCOBCc1cccc(C(=O)N2CC(O)C2)c1. The van der Waals surface area contributed by atoms with Gasteiger partial charge in [-0.15, -0.1) is 0 Å². The number of aliphatic hydroxyl groups is 1. The number of β-amino-alcohol motifs (C(OH)–C–C–N with tert-alkyl or cyclic N) is 1. The number of hydrogen-bond donors (Lipinski definition) is 2. The van der Waals surface area contributed by atoms with Gasteiger partial charge in [-0.1, -0.05) is 17.7 Å². The van der Waals surface area contributed by atoms with Crippen molar-refractivity contribution in [2.75, 3.05) is 19.8 Å². The summed E-state index contributed by atoms with van der Waals surface area (Å²) in [5, 5.41) is 9.19. The number of amides is 1. The van der Waals surface area contributed by atoms with Crippen LogP contribution in [0, 0.1) is 0 Å². The maximum atomic E-state index is 12.0. The second kappa shape index (κ2) is 5.99. The molecule has 0 radical (unpaired) electrons. The van der Waals surface area contributed by atoms with E-state index in [1.807, 2.05) is 18.2 Å². The van der Waals surface area contributed by atoms with Crippen LogP contribution in [0.2, 0.25) is 0 Å². The molecule has 0 atom stereocenters. The normalized spacial score (nSPS) is 15.3. The molecule has 18 heavy (non-hydrogen) atoms. The quantitative estimate of drug-likeness (QED) is 0.410. The minimum Gasteiger partial charge on any atom is -0.427 e. The summed E-state index contributed by atoms with van der Waals surface area (Å²) in [6.45, 7) is 1.07. The second-order valence-corrected chi connectivity index (χ2v) is 4.39. The predicted octanol–water partition coefficient (Wildman–Crippen LogP) is -0.712. The van der Waals surface area contributed by atoms with E-state index in [1.54, 1.807) is 11.0 Å². The molecule has 1 aromatic carbocycles. The lowest BCUT2D eigenvalue weighted by atomic mass is 9.88. The number of rotatable bonds is 5. The monoisotopic (exact) mass is 248 g/mol. The fourth-order valence-electron chi connectivity index (χ4n) is 1.94. The molecule has 0 unspecified atom stereocenters. The van der Waals surface area contributed by atoms with E-state index in [1.165, 1.54) is 0 Å². The van der Waals surface area contributed by atoms with Crippen molar-refractivity contribution in [1.29, 1.82) is 0 Å². The molecule has 5 nitrogen and oxygen atoms in total. The van der Waals surface area contributed by atoms with Gasteiger partial charge in [-0.2, -0.15) is 0 Å². The van der Waals surface area contributed by atoms with Gasteiger partial charge in [-0.25, -0.2) is 0 Å². The topological polar surface area (TPSA) is 75.8 Å². The van der Waals surface area contributed by atoms with E-state index in [0.29, 0.717) is 26.1 Å². The molecule has 3 N–H and O–H groups in total. The Balaban J connectivity index is 1.96. The third-order valence-electron chi connectivity index (χ3n) is 2.98. The van der Waals surface area contributed by atoms with E-state index in [2.05, 4.69) is 0 Å². The van der Waals surface area contributed by atoms with Crippen molar-refractivity contribution in [3.05, 3.63) is 35.4 Å².